The minimum Gasteiger partial charge on any atom is -0.353 e. The highest BCUT2D eigenvalue weighted by Gasteiger charge is 2.36. The number of hydrogen-bond acceptors (Lipinski definition) is 3. The molecule has 1 aromatic carbocycles. The Balaban J connectivity index is 1.60. The maximum atomic E-state index is 12.9. The lowest BCUT2D eigenvalue weighted by Gasteiger charge is -2.34. The molecular formula is C23H28N2OS. The highest BCUT2D eigenvalue weighted by Crippen LogP contribution is 2.45. The van der Waals surface area contributed by atoms with Gasteiger partial charge < -0.3 is 10.6 Å². The van der Waals surface area contributed by atoms with E-state index in [4.69, 9.17) is 0 Å². The maximum absolute atomic E-state index is 12.9. The van der Waals surface area contributed by atoms with Crippen LogP contribution in [0, 0.1) is 11.3 Å². The van der Waals surface area contributed by atoms with E-state index in [0.29, 0.717) is 11.3 Å². The van der Waals surface area contributed by atoms with Crippen LogP contribution in [0.1, 0.15) is 60.5 Å². The fourth-order valence-corrected chi connectivity index (χ4v) is 5.51. The third kappa shape index (κ3) is 3.55. The standard InChI is InChI=1S/C23H28N2OS/c1-14(12-15-8-6-5-7-9-15)20-24-21(26)19-17-11-10-16(23(2,3)4)13-18(17)27-22(19)25-20/h5-9,12,16,20,25H,10-11,13H2,1-4H3,(H,24,26). The minimum atomic E-state index is -0.149. The fourth-order valence-electron chi connectivity index (χ4n) is 4.16. The van der Waals surface area contributed by atoms with Crippen LogP contribution in [0.15, 0.2) is 35.9 Å². The number of benzene rings is 1. The second kappa shape index (κ2) is 6.83. The molecule has 3 nitrogen and oxygen atoms in total. The molecule has 0 spiro atoms. The molecule has 2 unspecified atom stereocenters. The quantitative estimate of drug-likeness (QED) is 0.724. The number of hydrogen-bond donors (Lipinski definition) is 2. The monoisotopic (exact) mass is 380 g/mol. The van der Waals surface area contributed by atoms with Crippen LogP contribution in [0.25, 0.3) is 6.08 Å². The number of nitrogens with one attached hydrogen (secondary N) is 2. The zero-order chi connectivity index (χ0) is 19.2. The Kier molecular flexibility index (Phi) is 4.63. The van der Waals surface area contributed by atoms with Crippen LogP contribution >= 0.6 is 11.3 Å². The first-order valence-electron chi connectivity index (χ1n) is 9.78. The lowest BCUT2D eigenvalue weighted by molar-refractivity contribution is 0.0940. The van der Waals surface area contributed by atoms with Crippen LogP contribution in [0.5, 0.6) is 0 Å². The molecule has 27 heavy (non-hydrogen) atoms. The smallest absolute Gasteiger partial charge is 0.256 e. The number of fused-ring (bicyclic) bond motifs is 3. The van der Waals surface area contributed by atoms with Crippen LogP contribution in [0.2, 0.25) is 0 Å². The van der Waals surface area contributed by atoms with Gasteiger partial charge in [0.2, 0.25) is 0 Å². The van der Waals surface area contributed by atoms with Gasteiger partial charge in [-0.05, 0) is 54.2 Å². The van der Waals surface area contributed by atoms with Gasteiger partial charge in [-0.1, -0.05) is 57.2 Å². The largest absolute Gasteiger partial charge is 0.353 e. The van der Waals surface area contributed by atoms with Crippen molar-refractivity contribution in [2.24, 2.45) is 11.3 Å². The Morgan fingerprint density at radius 1 is 1.19 bits per heavy atom. The molecule has 1 amide bonds. The highest BCUT2D eigenvalue weighted by molar-refractivity contribution is 7.16. The fraction of sp³-hybridized carbons (Fsp3) is 0.435. The van der Waals surface area contributed by atoms with Gasteiger partial charge in [0.15, 0.2) is 0 Å². The first kappa shape index (κ1) is 18.3. The minimum absolute atomic E-state index is 0.0706. The molecule has 1 aliphatic heterocycles. The van der Waals surface area contributed by atoms with Gasteiger partial charge in [0.25, 0.3) is 5.91 Å². The molecule has 0 saturated heterocycles. The molecule has 1 aliphatic carbocycles. The first-order valence-corrected chi connectivity index (χ1v) is 10.6. The second-order valence-corrected chi connectivity index (χ2v) is 9.97. The van der Waals surface area contributed by atoms with Crippen molar-refractivity contribution in [1.29, 1.82) is 0 Å². The molecule has 2 aliphatic rings. The average Bonchev–Trinajstić information content (AvgIpc) is 2.99. The zero-order valence-corrected chi connectivity index (χ0v) is 17.4. The van der Waals surface area contributed by atoms with Crippen molar-refractivity contribution in [3.63, 3.8) is 0 Å². The van der Waals surface area contributed by atoms with Crippen LogP contribution < -0.4 is 10.6 Å². The topological polar surface area (TPSA) is 41.1 Å². The summed E-state index contributed by atoms with van der Waals surface area (Å²) in [6.45, 7) is 9.05. The van der Waals surface area contributed by atoms with E-state index in [2.05, 4.69) is 56.5 Å². The third-order valence-corrected chi connectivity index (χ3v) is 7.10. The van der Waals surface area contributed by atoms with Gasteiger partial charge >= 0.3 is 0 Å². The number of thiophene rings is 1. The average molecular weight is 381 g/mol. The van der Waals surface area contributed by atoms with Gasteiger partial charge in [-0.2, -0.15) is 0 Å². The Labute approximate surface area is 165 Å². The van der Waals surface area contributed by atoms with E-state index in [1.165, 1.54) is 16.9 Å². The van der Waals surface area contributed by atoms with Gasteiger partial charge in [0, 0.05) is 4.88 Å². The Hall–Kier alpha value is -2.07. The molecule has 0 bridgehead atoms. The summed E-state index contributed by atoms with van der Waals surface area (Å²) in [7, 11) is 0. The van der Waals surface area contributed by atoms with Crippen molar-refractivity contribution in [3.05, 3.63) is 57.5 Å². The zero-order valence-electron chi connectivity index (χ0n) is 16.6. The highest BCUT2D eigenvalue weighted by atomic mass is 32.1. The molecule has 2 N–H and O–H groups in total. The van der Waals surface area contributed by atoms with E-state index in [-0.39, 0.29) is 12.1 Å². The van der Waals surface area contributed by atoms with Crippen LogP contribution in [-0.4, -0.2) is 12.1 Å². The summed E-state index contributed by atoms with van der Waals surface area (Å²) >= 11 is 1.79. The molecule has 4 heteroatoms. The van der Waals surface area contributed by atoms with Gasteiger partial charge in [0.1, 0.15) is 11.2 Å². The second-order valence-electron chi connectivity index (χ2n) is 8.86. The summed E-state index contributed by atoms with van der Waals surface area (Å²) in [5.41, 5.74) is 4.75. The predicted molar refractivity (Wildman–Crippen MR) is 114 cm³/mol. The molecule has 2 heterocycles. The number of rotatable bonds is 2. The number of carbonyl (C=O) groups is 1. The molecule has 0 radical (unpaired) electrons. The van der Waals surface area contributed by atoms with E-state index in [1.54, 1.807) is 11.3 Å². The Bertz CT molecular complexity index is 889. The summed E-state index contributed by atoms with van der Waals surface area (Å²) in [4.78, 5) is 14.3. The predicted octanol–water partition coefficient (Wildman–Crippen LogP) is 5.48. The number of anilines is 1. The van der Waals surface area contributed by atoms with Crippen LogP contribution in [0.4, 0.5) is 5.00 Å². The van der Waals surface area contributed by atoms with E-state index in [1.807, 2.05) is 18.2 Å². The number of carbonyl (C=O) groups excluding carboxylic acids is 1. The van der Waals surface area contributed by atoms with E-state index in [9.17, 15) is 4.79 Å². The molecule has 0 saturated carbocycles. The normalized spacial score (nSPS) is 22.5. The molecule has 0 fully saturated rings. The summed E-state index contributed by atoms with van der Waals surface area (Å²) < 4.78 is 0. The van der Waals surface area contributed by atoms with Gasteiger partial charge in [-0.15, -0.1) is 11.3 Å². The molecule has 2 aromatic rings. The van der Waals surface area contributed by atoms with E-state index in [0.717, 1.165) is 34.5 Å². The van der Waals surface area contributed by atoms with Gasteiger partial charge in [0.05, 0.1) is 5.56 Å². The van der Waals surface area contributed by atoms with Crippen molar-refractivity contribution in [2.45, 2.75) is 53.1 Å². The summed E-state index contributed by atoms with van der Waals surface area (Å²) in [5, 5.41) is 7.78. The lowest BCUT2D eigenvalue weighted by Crippen LogP contribution is -2.45. The van der Waals surface area contributed by atoms with Crippen molar-refractivity contribution in [2.75, 3.05) is 5.32 Å². The van der Waals surface area contributed by atoms with Crippen molar-refractivity contribution >= 4 is 28.3 Å². The summed E-state index contributed by atoms with van der Waals surface area (Å²) in [6, 6.07) is 10.2. The number of amides is 1. The molecular weight excluding hydrogens is 352 g/mol. The summed E-state index contributed by atoms with van der Waals surface area (Å²) in [5.74, 6) is 0.755. The Morgan fingerprint density at radius 3 is 2.63 bits per heavy atom. The van der Waals surface area contributed by atoms with Crippen molar-refractivity contribution in [1.82, 2.24) is 5.32 Å². The Morgan fingerprint density at radius 2 is 1.93 bits per heavy atom. The van der Waals surface area contributed by atoms with Crippen molar-refractivity contribution in [3.8, 4) is 0 Å². The third-order valence-electron chi connectivity index (χ3n) is 5.92. The SMILES string of the molecule is CC(=Cc1ccccc1)C1NC(=O)c2c(sc3c2CCC(C(C)(C)C)C3)N1. The van der Waals surface area contributed by atoms with E-state index < -0.39 is 0 Å². The van der Waals surface area contributed by atoms with Crippen LogP contribution in [0.3, 0.4) is 0 Å². The molecule has 142 valence electrons. The van der Waals surface area contributed by atoms with Crippen molar-refractivity contribution < 1.29 is 4.79 Å². The molecule has 4 rings (SSSR count). The molecule has 1 aromatic heterocycles. The molecule has 2 atom stereocenters. The summed E-state index contributed by atoms with van der Waals surface area (Å²) in [6.07, 6.45) is 5.26. The van der Waals surface area contributed by atoms with Gasteiger partial charge in [-0.25, -0.2) is 0 Å². The van der Waals surface area contributed by atoms with E-state index >= 15 is 0 Å². The van der Waals surface area contributed by atoms with Gasteiger partial charge in [-0.3, -0.25) is 4.79 Å². The maximum Gasteiger partial charge on any atom is 0.256 e. The lowest BCUT2D eigenvalue weighted by atomic mass is 9.72. The first-order chi connectivity index (χ1) is 12.8. The van der Waals surface area contributed by atoms with Crippen LogP contribution in [-0.2, 0) is 12.8 Å².